The summed E-state index contributed by atoms with van der Waals surface area (Å²) in [5, 5.41) is 0. The second-order valence-electron chi connectivity index (χ2n) is 3.37. The van der Waals surface area contributed by atoms with E-state index in [1.807, 2.05) is 0 Å². The lowest BCUT2D eigenvalue weighted by Gasteiger charge is -2.10. The number of rotatable bonds is 2. The standard InChI is InChI=1S/C11H9F3N2O/c12-11(13,14)8-4-2-1-3-7(8)9-6-17-10(5-15)16-9/h1-4,6H,5,15H2. The number of nitrogens with two attached hydrogens (primary N) is 1. The maximum Gasteiger partial charge on any atom is 0.417 e. The zero-order valence-corrected chi connectivity index (χ0v) is 8.66. The number of hydrogen-bond donors (Lipinski definition) is 1. The normalized spacial score (nSPS) is 11.8. The van der Waals surface area contributed by atoms with Crippen LogP contribution in [0.4, 0.5) is 13.2 Å². The van der Waals surface area contributed by atoms with Crippen molar-refractivity contribution in [2.75, 3.05) is 0 Å². The van der Waals surface area contributed by atoms with Crippen molar-refractivity contribution in [3.8, 4) is 11.3 Å². The quantitative estimate of drug-likeness (QED) is 0.880. The van der Waals surface area contributed by atoms with E-state index in [1.54, 1.807) is 0 Å². The molecule has 2 N–H and O–H groups in total. The number of benzene rings is 1. The molecule has 0 radical (unpaired) electrons. The average molecular weight is 242 g/mol. The maximum atomic E-state index is 12.7. The molecule has 2 rings (SSSR count). The van der Waals surface area contributed by atoms with Gasteiger partial charge in [-0.05, 0) is 6.07 Å². The summed E-state index contributed by atoms with van der Waals surface area (Å²) in [5.74, 6) is 0.206. The van der Waals surface area contributed by atoms with Gasteiger partial charge in [-0.1, -0.05) is 18.2 Å². The van der Waals surface area contributed by atoms with Gasteiger partial charge in [-0.15, -0.1) is 0 Å². The molecule has 1 heterocycles. The van der Waals surface area contributed by atoms with Gasteiger partial charge in [0.1, 0.15) is 12.0 Å². The molecule has 0 spiro atoms. The molecule has 17 heavy (non-hydrogen) atoms. The van der Waals surface area contributed by atoms with Crippen LogP contribution in [0.5, 0.6) is 0 Å². The van der Waals surface area contributed by atoms with Gasteiger partial charge >= 0.3 is 6.18 Å². The Bertz CT molecular complexity index is 519. The Labute approximate surface area is 95.1 Å². The van der Waals surface area contributed by atoms with Crippen molar-refractivity contribution in [1.29, 1.82) is 0 Å². The van der Waals surface area contributed by atoms with Crippen LogP contribution in [0.15, 0.2) is 34.9 Å². The molecule has 0 aliphatic rings. The third-order valence-electron chi connectivity index (χ3n) is 2.23. The molecule has 1 aromatic heterocycles. The fourth-order valence-corrected chi connectivity index (χ4v) is 1.48. The molecule has 90 valence electrons. The monoisotopic (exact) mass is 242 g/mol. The van der Waals surface area contributed by atoms with Gasteiger partial charge in [-0.25, -0.2) is 4.98 Å². The van der Waals surface area contributed by atoms with Crippen LogP contribution in [-0.2, 0) is 12.7 Å². The van der Waals surface area contributed by atoms with Gasteiger partial charge in [0.05, 0.1) is 12.1 Å². The van der Waals surface area contributed by atoms with Crippen LogP contribution in [-0.4, -0.2) is 4.98 Å². The minimum Gasteiger partial charge on any atom is -0.447 e. The maximum absolute atomic E-state index is 12.7. The Balaban J connectivity index is 2.52. The number of alkyl halides is 3. The first-order valence-corrected chi connectivity index (χ1v) is 4.83. The summed E-state index contributed by atoms with van der Waals surface area (Å²) in [4.78, 5) is 3.88. The highest BCUT2D eigenvalue weighted by molar-refractivity contribution is 5.63. The van der Waals surface area contributed by atoms with E-state index in [4.69, 9.17) is 10.2 Å². The molecule has 0 fully saturated rings. The SMILES string of the molecule is NCc1nc(-c2ccccc2C(F)(F)F)co1. The second kappa shape index (κ2) is 4.21. The lowest BCUT2D eigenvalue weighted by Crippen LogP contribution is -2.07. The summed E-state index contributed by atoms with van der Waals surface area (Å²) in [6.45, 7) is 0.0498. The van der Waals surface area contributed by atoms with Crippen molar-refractivity contribution in [1.82, 2.24) is 4.98 Å². The van der Waals surface area contributed by atoms with Crippen molar-refractivity contribution in [2.45, 2.75) is 12.7 Å². The number of aromatic nitrogens is 1. The first-order chi connectivity index (χ1) is 8.02. The van der Waals surface area contributed by atoms with Crippen LogP contribution in [0.1, 0.15) is 11.5 Å². The number of hydrogen-bond acceptors (Lipinski definition) is 3. The molecular formula is C11H9F3N2O. The topological polar surface area (TPSA) is 52.0 Å². The Morgan fingerprint density at radius 2 is 1.94 bits per heavy atom. The summed E-state index contributed by atoms with van der Waals surface area (Å²) in [7, 11) is 0. The molecule has 0 amide bonds. The van der Waals surface area contributed by atoms with Crippen LogP contribution in [0.2, 0.25) is 0 Å². The van der Waals surface area contributed by atoms with Gasteiger partial charge in [0, 0.05) is 5.56 Å². The van der Waals surface area contributed by atoms with Gasteiger partial charge in [-0.2, -0.15) is 13.2 Å². The smallest absolute Gasteiger partial charge is 0.417 e. The van der Waals surface area contributed by atoms with Crippen LogP contribution in [0, 0.1) is 0 Å². The van der Waals surface area contributed by atoms with Crippen molar-refractivity contribution in [3.05, 3.63) is 42.0 Å². The summed E-state index contributed by atoms with van der Waals surface area (Å²) in [6, 6.07) is 5.20. The third kappa shape index (κ3) is 2.31. The molecule has 0 aliphatic carbocycles. The van der Waals surface area contributed by atoms with E-state index in [0.717, 1.165) is 6.07 Å². The van der Waals surface area contributed by atoms with Gasteiger partial charge in [0.2, 0.25) is 5.89 Å². The summed E-state index contributed by atoms with van der Waals surface area (Å²) < 4.78 is 43.2. The lowest BCUT2D eigenvalue weighted by molar-refractivity contribution is -0.137. The van der Waals surface area contributed by atoms with E-state index in [2.05, 4.69) is 4.98 Å². The highest BCUT2D eigenvalue weighted by Crippen LogP contribution is 2.36. The summed E-state index contributed by atoms with van der Waals surface area (Å²) >= 11 is 0. The molecule has 1 aromatic carbocycles. The van der Waals surface area contributed by atoms with Crippen LogP contribution < -0.4 is 5.73 Å². The second-order valence-corrected chi connectivity index (χ2v) is 3.37. The third-order valence-corrected chi connectivity index (χ3v) is 2.23. The number of halogens is 3. The summed E-state index contributed by atoms with van der Waals surface area (Å²) in [5.41, 5.74) is 4.67. The lowest BCUT2D eigenvalue weighted by atomic mass is 10.1. The molecule has 0 saturated carbocycles. The zero-order valence-electron chi connectivity index (χ0n) is 8.66. The Kier molecular flexibility index (Phi) is 2.89. The van der Waals surface area contributed by atoms with E-state index in [-0.39, 0.29) is 23.7 Å². The van der Waals surface area contributed by atoms with E-state index in [1.165, 1.54) is 24.5 Å². The van der Waals surface area contributed by atoms with E-state index in [0.29, 0.717) is 0 Å². The predicted octanol–water partition coefficient (Wildman–Crippen LogP) is 2.82. The highest BCUT2D eigenvalue weighted by atomic mass is 19.4. The average Bonchev–Trinajstić information content (AvgIpc) is 2.76. The van der Waals surface area contributed by atoms with E-state index < -0.39 is 11.7 Å². The van der Waals surface area contributed by atoms with Gasteiger partial charge in [0.15, 0.2) is 0 Å². The molecule has 2 aromatic rings. The van der Waals surface area contributed by atoms with Crippen LogP contribution in [0.25, 0.3) is 11.3 Å². The summed E-state index contributed by atoms with van der Waals surface area (Å²) in [6.07, 6.45) is -3.24. The predicted molar refractivity (Wildman–Crippen MR) is 54.8 cm³/mol. The fourth-order valence-electron chi connectivity index (χ4n) is 1.48. The molecule has 0 saturated heterocycles. The molecule has 0 bridgehead atoms. The zero-order chi connectivity index (χ0) is 12.5. The van der Waals surface area contributed by atoms with Crippen molar-refractivity contribution < 1.29 is 17.6 Å². The Morgan fingerprint density at radius 1 is 1.24 bits per heavy atom. The van der Waals surface area contributed by atoms with Crippen LogP contribution >= 0.6 is 0 Å². The van der Waals surface area contributed by atoms with Gasteiger partial charge < -0.3 is 10.2 Å². The largest absolute Gasteiger partial charge is 0.447 e. The Morgan fingerprint density at radius 3 is 2.53 bits per heavy atom. The minimum atomic E-state index is -4.42. The number of oxazole rings is 1. The van der Waals surface area contributed by atoms with Crippen molar-refractivity contribution in [2.24, 2.45) is 5.73 Å². The molecular weight excluding hydrogens is 233 g/mol. The van der Waals surface area contributed by atoms with Crippen molar-refractivity contribution >= 4 is 0 Å². The van der Waals surface area contributed by atoms with Crippen molar-refractivity contribution in [3.63, 3.8) is 0 Å². The minimum absolute atomic E-state index is 0.0107. The first kappa shape index (κ1) is 11.7. The molecule has 0 aliphatic heterocycles. The van der Waals surface area contributed by atoms with E-state index >= 15 is 0 Å². The molecule has 6 heteroatoms. The first-order valence-electron chi connectivity index (χ1n) is 4.83. The van der Waals surface area contributed by atoms with Crippen LogP contribution in [0.3, 0.4) is 0 Å². The molecule has 0 atom stereocenters. The molecule has 3 nitrogen and oxygen atoms in total. The fraction of sp³-hybridized carbons (Fsp3) is 0.182. The Hall–Kier alpha value is -1.82. The van der Waals surface area contributed by atoms with Gasteiger partial charge in [-0.3, -0.25) is 0 Å². The number of nitrogens with zero attached hydrogens (tertiary/aromatic N) is 1. The van der Waals surface area contributed by atoms with E-state index in [9.17, 15) is 13.2 Å². The highest BCUT2D eigenvalue weighted by Gasteiger charge is 2.33. The van der Waals surface area contributed by atoms with Gasteiger partial charge in [0.25, 0.3) is 0 Å². The molecule has 0 unspecified atom stereocenters.